The Labute approximate surface area is 135 Å². The summed E-state index contributed by atoms with van der Waals surface area (Å²) in [5.74, 6) is 0. The second-order valence-corrected chi connectivity index (χ2v) is 7.42. The molecule has 0 aromatic heterocycles. The van der Waals surface area contributed by atoms with Gasteiger partial charge in [0, 0.05) is 44.3 Å². The molecule has 22 heavy (non-hydrogen) atoms. The zero-order valence-corrected chi connectivity index (χ0v) is 15.1. The van der Waals surface area contributed by atoms with Gasteiger partial charge in [0.15, 0.2) is 0 Å². The summed E-state index contributed by atoms with van der Waals surface area (Å²) in [6.07, 6.45) is 0.488. The van der Waals surface area contributed by atoms with Crippen LogP contribution in [0.25, 0.3) is 0 Å². The van der Waals surface area contributed by atoms with Crippen LogP contribution in [0.1, 0.15) is 41.0 Å². The lowest BCUT2D eigenvalue weighted by Crippen LogP contribution is -2.59. The zero-order valence-electron chi connectivity index (χ0n) is 15.1. The van der Waals surface area contributed by atoms with Crippen molar-refractivity contribution in [2.45, 2.75) is 64.8 Å². The molecular formula is C16H34N4O2. The maximum Gasteiger partial charge on any atom is 0.407 e. The Bertz CT molecular complexity index is 345. The largest absolute Gasteiger partial charge is 0.444 e. The molecule has 0 aliphatic carbocycles. The summed E-state index contributed by atoms with van der Waals surface area (Å²) in [5, 5.41) is 2.82. The molecular weight excluding hydrogens is 280 g/mol. The van der Waals surface area contributed by atoms with Gasteiger partial charge in [-0.2, -0.15) is 0 Å². The van der Waals surface area contributed by atoms with E-state index in [2.05, 4.69) is 36.0 Å². The van der Waals surface area contributed by atoms with Crippen molar-refractivity contribution in [3.8, 4) is 0 Å². The van der Waals surface area contributed by atoms with E-state index >= 15 is 0 Å². The summed E-state index contributed by atoms with van der Waals surface area (Å²) in [4.78, 5) is 16.5. The second-order valence-electron chi connectivity index (χ2n) is 7.42. The molecule has 0 bridgehead atoms. The van der Waals surface area contributed by atoms with Crippen LogP contribution in [0, 0.1) is 0 Å². The second kappa shape index (κ2) is 8.13. The van der Waals surface area contributed by atoms with Crippen LogP contribution in [-0.4, -0.2) is 72.8 Å². The third-order valence-corrected chi connectivity index (χ3v) is 4.32. The van der Waals surface area contributed by atoms with Crippen molar-refractivity contribution >= 4 is 6.09 Å². The molecule has 3 unspecified atom stereocenters. The van der Waals surface area contributed by atoms with Crippen molar-refractivity contribution in [1.29, 1.82) is 0 Å². The van der Waals surface area contributed by atoms with Crippen LogP contribution >= 0.6 is 0 Å². The third kappa shape index (κ3) is 6.10. The van der Waals surface area contributed by atoms with Crippen molar-refractivity contribution in [3.05, 3.63) is 0 Å². The summed E-state index contributed by atoms with van der Waals surface area (Å²) >= 11 is 0. The van der Waals surface area contributed by atoms with Gasteiger partial charge in [-0.25, -0.2) is 4.79 Å². The van der Waals surface area contributed by atoms with E-state index in [1.165, 1.54) is 0 Å². The van der Waals surface area contributed by atoms with Gasteiger partial charge in [0.1, 0.15) is 5.60 Å². The Morgan fingerprint density at radius 2 is 1.86 bits per heavy atom. The molecule has 1 heterocycles. The van der Waals surface area contributed by atoms with Crippen LogP contribution < -0.4 is 11.1 Å². The number of amides is 1. The SMILES string of the molecule is CC1CN(C(CN)CCNC(=O)OC(C)(C)C)CC(C)N1C. The molecule has 3 atom stereocenters. The summed E-state index contributed by atoms with van der Waals surface area (Å²) in [7, 11) is 2.17. The van der Waals surface area contributed by atoms with E-state index in [1.807, 2.05) is 20.8 Å². The highest BCUT2D eigenvalue weighted by Gasteiger charge is 2.30. The number of hydrogen-bond donors (Lipinski definition) is 2. The normalized spacial score (nSPS) is 25.8. The van der Waals surface area contributed by atoms with Gasteiger partial charge in [-0.15, -0.1) is 0 Å². The number of carbonyl (C=O) groups is 1. The molecule has 1 amide bonds. The fourth-order valence-electron chi connectivity index (χ4n) is 2.85. The molecule has 0 aromatic carbocycles. The minimum Gasteiger partial charge on any atom is -0.444 e. The first-order chi connectivity index (χ1) is 10.1. The lowest BCUT2D eigenvalue weighted by Gasteiger charge is -2.45. The summed E-state index contributed by atoms with van der Waals surface area (Å²) in [5.41, 5.74) is 5.49. The number of nitrogens with one attached hydrogen (secondary N) is 1. The molecule has 0 saturated carbocycles. The smallest absolute Gasteiger partial charge is 0.407 e. The Morgan fingerprint density at radius 3 is 2.32 bits per heavy atom. The minimum absolute atomic E-state index is 0.300. The van der Waals surface area contributed by atoms with Crippen molar-refractivity contribution in [1.82, 2.24) is 15.1 Å². The number of hydrogen-bond acceptors (Lipinski definition) is 5. The number of likely N-dealkylation sites (N-methyl/N-ethyl adjacent to an activating group) is 1. The lowest BCUT2D eigenvalue weighted by molar-refractivity contribution is 0.0319. The van der Waals surface area contributed by atoms with E-state index in [0.29, 0.717) is 31.2 Å². The van der Waals surface area contributed by atoms with Gasteiger partial charge < -0.3 is 15.8 Å². The van der Waals surface area contributed by atoms with Gasteiger partial charge in [0.05, 0.1) is 0 Å². The first-order valence-corrected chi connectivity index (χ1v) is 8.27. The molecule has 1 aliphatic rings. The van der Waals surface area contributed by atoms with E-state index in [1.54, 1.807) is 0 Å². The molecule has 0 aromatic rings. The number of nitrogens with two attached hydrogens (primary N) is 1. The highest BCUT2D eigenvalue weighted by molar-refractivity contribution is 5.67. The van der Waals surface area contributed by atoms with E-state index in [4.69, 9.17) is 10.5 Å². The predicted octanol–water partition coefficient (Wildman–Crippen LogP) is 1.25. The van der Waals surface area contributed by atoms with Crippen LogP contribution in [0.2, 0.25) is 0 Å². The molecule has 6 nitrogen and oxygen atoms in total. The van der Waals surface area contributed by atoms with Crippen molar-refractivity contribution in [2.24, 2.45) is 5.73 Å². The van der Waals surface area contributed by atoms with Gasteiger partial charge in [0.25, 0.3) is 0 Å². The Kier molecular flexibility index (Phi) is 7.09. The molecule has 1 fully saturated rings. The van der Waals surface area contributed by atoms with E-state index in [0.717, 1.165) is 19.5 Å². The maximum atomic E-state index is 11.7. The average Bonchev–Trinajstić information content (AvgIpc) is 2.38. The van der Waals surface area contributed by atoms with Crippen molar-refractivity contribution in [3.63, 3.8) is 0 Å². The quantitative estimate of drug-likeness (QED) is 0.799. The monoisotopic (exact) mass is 314 g/mol. The Morgan fingerprint density at radius 1 is 1.32 bits per heavy atom. The molecule has 1 aliphatic heterocycles. The van der Waals surface area contributed by atoms with Crippen LogP contribution in [0.5, 0.6) is 0 Å². The van der Waals surface area contributed by atoms with Crippen molar-refractivity contribution in [2.75, 3.05) is 33.2 Å². The molecule has 6 heteroatoms. The maximum absolute atomic E-state index is 11.7. The number of ether oxygens (including phenoxy) is 1. The van der Waals surface area contributed by atoms with Gasteiger partial charge >= 0.3 is 6.09 Å². The summed E-state index contributed by atoms with van der Waals surface area (Å²) in [6, 6.07) is 1.35. The number of nitrogens with zero attached hydrogens (tertiary/aromatic N) is 2. The van der Waals surface area contributed by atoms with Gasteiger partial charge in [-0.3, -0.25) is 9.80 Å². The van der Waals surface area contributed by atoms with Gasteiger partial charge in [0.2, 0.25) is 0 Å². The zero-order chi connectivity index (χ0) is 16.9. The summed E-state index contributed by atoms with van der Waals surface area (Å²) in [6.45, 7) is 13.3. The van der Waals surface area contributed by atoms with E-state index in [-0.39, 0.29) is 6.09 Å². The average molecular weight is 314 g/mol. The molecule has 130 valence electrons. The van der Waals surface area contributed by atoms with Gasteiger partial charge in [-0.1, -0.05) is 0 Å². The van der Waals surface area contributed by atoms with E-state index < -0.39 is 5.60 Å². The van der Waals surface area contributed by atoms with Gasteiger partial charge in [-0.05, 0) is 48.1 Å². The number of piperazine rings is 1. The van der Waals surface area contributed by atoms with Crippen LogP contribution in [-0.2, 0) is 4.74 Å². The standard InChI is InChI=1S/C16H34N4O2/c1-12-10-20(11-13(2)19(12)6)14(9-17)7-8-18-15(21)22-16(3,4)5/h12-14H,7-11,17H2,1-6H3,(H,18,21). The first-order valence-electron chi connectivity index (χ1n) is 8.27. The fourth-order valence-corrected chi connectivity index (χ4v) is 2.85. The van der Waals surface area contributed by atoms with Crippen LogP contribution in [0.4, 0.5) is 4.79 Å². The molecule has 0 spiro atoms. The van der Waals surface area contributed by atoms with Crippen LogP contribution in [0.3, 0.4) is 0 Å². The Balaban J connectivity index is 2.41. The minimum atomic E-state index is -0.459. The first kappa shape index (κ1) is 19.2. The highest BCUT2D eigenvalue weighted by Crippen LogP contribution is 2.16. The highest BCUT2D eigenvalue weighted by atomic mass is 16.6. The fraction of sp³-hybridized carbons (Fsp3) is 0.938. The number of carbonyl (C=O) groups excluding carboxylic acids is 1. The van der Waals surface area contributed by atoms with Crippen molar-refractivity contribution < 1.29 is 9.53 Å². The number of alkyl carbamates (subject to hydrolysis) is 1. The topological polar surface area (TPSA) is 70.8 Å². The molecule has 0 radical (unpaired) electrons. The molecule has 3 N–H and O–H groups in total. The predicted molar refractivity (Wildman–Crippen MR) is 90.0 cm³/mol. The Hall–Kier alpha value is -0.850. The molecule has 1 saturated heterocycles. The third-order valence-electron chi connectivity index (χ3n) is 4.32. The van der Waals surface area contributed by atoms with E-state index in [9.17, 15) is 4.79 Å². The molecule has 1 rings (SSSR count). The number of rotatable bonds is 5. The lowest BCUT2D eigenvalue weighted by atomic mass is 10.0. The van der Waals surface area contributed by atoms with Crippen LogP contribution in [0.15, 0.2) is 0 Å². The summed E-state index contributed by atoms with van der Waals surface area (Å²) < 4.78 is 5.25.